The highest BCUT2D eigenvalue weighted by Crippen LogP contribution is 2.30. The van der Waals surface area contributed by atoms with E-state index >= 15 is 0 Å². The average Bonchev–Trinajstić information content (AvgIpc) is 2.52. The highest BCUT2D eigenvalue weighted by molar-refractivity contribution is 8.29. The molecule has 1 aromatic rings. The first kappa shape index (κ1) is 19.0. The van der Waals surface area contributed by atoms with Crippen molar-refractivity contribution in [2.45, 2.75) is 32.4 Å². The third-order valence-corrected chi connectivity index (χ3v) is 5.52. The standard InChI is InChI=1S/C15H22O5S2/c1-10(12(3)15(16)19-4)11(2)14-7-5-13(6-8-14)9-22(18,21)20-17/h5-8,10-12,17H,9H2,1-4H3/p-1. The second-order valence-electron chi connectivity index (χ2n) is 5.47. The van der Waals surface area contributed by atoms with Crippen LogP contribution in [0.4, 0.5) is 0 Å². The molecule has 0 radical (unpaired) electrons. The summed E-state index contributed by atoms with van der Waals surface area (Å²) in [6.07, 6.45) is 0. The molecular weight excluding hydrogens is 324 g/mol. The summed E-state index contributed by atoms with van der Waals surface area (Å²) >= 11 is 4.57. The van der Waals surface area contributed by atoms with Crippen molar-refractivity contribution in [1.29, 1.82) is 0 Å². The lowest BCUT2D eigenvalue weighted by atomic mass is 9.81. The van der Waals surface area contributed by atoms with Crippen LogP contribution < -0.4 is 5.26 Å². The highest BCUT2D eigenvalue weighted by atomic mass is 32.8. The number of ether oxygens (including phenoxy) is 1. The Morgan fingerprint density at radius 1 is 1.27 bits per heavy atom. The van der Waals surface area contributed by atoms with Gasteiger partial charge in [-0.25, -0.2) is 4.21 Å². The summed E-state index contributed by atoms with van der Waals surface area (Å²) in [5.74, 6) is -0.276. The largest absolute Gasteiger partial charge is 0.709 e. The van der Waals surface area contributed by atoms with Gasteiger partial charge in [-0.05, 0) is 23.0 Å². The van der Waals surface area contributed by atoms with Gasteiger partial charge in [0.25, 0.3) is 0 Å². The Morgan fingerprint density at radius 2 is 1.82 bits per heavy atom. The van der Waals surface area contributed by atoms with Crippen LogP contribution in [-0.2, 0) is 39.6 Å². The van der Waals surface area contributed by atoms with Crippen LogP contribution in [0.25, 0.3) is 0 Å². The molecule has 0 aliphatic carbocycles. The van der Waals surface area contributed by atoms with E-state index in [0.717, 1.165) is 5.56 Å². The van der Waals surface area contributed by atoms with Crippen molar-refractivity contribution in [2.75, 3.05) is 7.11 Å². The lowest BCUT2D eigenvalue weighted by Gasteiger charge is -2.25. The van der Waals surface area contributed by atoms with Crippen molar-refractivity contribution in [2.24, 2.45) is 11.8 Å². The Labute approximate surface area is 136 Å². The number of hydrogen-bond acceptors (Lipinski definition) is 6. The molecule has 0 saturated heterocycles. The summed E-state index contributed by atoms with van der Waals surface area (Å²) in [6, 6.07) is 7.31. The highest BCUT2D eigenvalue weighted by Gasteiger charge is 2.26. The first-order chi connectivity index (χ1) is 10.2. The number of carbonyl (C=O) groups excluding carboxylic acids is 1. The van der Waals surface area contributed by atoms with Crippen LogP contribution in [0.3, 0.4) is 0 Å². The summed E-state index contributed by atoms with van der Waals surface area (Å²) in [5.41, 5.74) is 1.73. The molecule has 124 valence electrons. The maximum absolute atomic E-state index is 11.6. The molecule has 0 aliphatic rings. The quantitative estimate of drug-likeness (QED) is 0.425. The van der Waals surface area contributed by atoms with Gasteiger partial charge in [0.2, 0.25) is 0 Å². The monoisotopic (exact) mass is 345 g/mol. The third-order valence-electron chi connectivity index (χ3n) is 4.10. The topological polar surface area (TPSA) is 75.7 Å². The van der Waals surface area contributed by atoms with Crippen LogP contribution in [0.1, 0.15) is 37.8 Å². The fourth-order valence-electron chi connectivity index (χ4n) is 2.28. The summed E-state index contributed by atoms with van der Waals surface area (Å²) in [6.45, 7) is 5.89. The van der Waals surface area contributed by atoms with E-state index in [0.29, 0.717) is 5.56 Å². The molecule has 1 rings (SSSR count). The molecule has 22 heavy (non-hydrogen) atoms. The SMILES string of the molecule is COC(=O)C(C)C(C)C(C)c1ccc(CS(=O)(=S)O[O-])cc1. The van der Waals surface area contributed by atoms with Crippen LogP contribution in [0.5, 0.6) is 0 Å². The fraction of sp³-hybridized carbons (Fsp3) is 0.533. The molecule has 4 unspecified atom stereocenters. The van der Waals surface area contributed by atoms with E-state index in [1.807, 2.05) is 32.9 Å². The number of rotatable bonds is 7. The number of carbonyl (C=O) groups is 1. The minimum Gasteiger partial charge on any atom is -0.709 e. The Morgan fingerprint density at radius 3 is 2.27 bits per heavy atom. The summed E-state index contributed by atoms with van der Waals surface area (Å²) in [7, 11) is -1.85. The summed E-state index contributed by atoms with van der Waals surface area (Å²) in [4.78, 5) is 11.6. The molecule has 7 heteroatoms. The Kier molecular flexibility index (Phi) is 6.93. The van der Waals surface area contributed by atoms with E-state index in [9.17, 15) is 14.3 Å². The molecule has 0 spiro atoms. The molecule has 4 atom stereocenters. The van der Waals surface area contributed by atoms with Gasteiger partial charge in [-0.2, -0.15) is 0 Å². The molecule has 0 N–H and O–H groups in total. The lowest BCUT2D eigenvalue weighted by molar-refractivity contribution is -0.633. The van der Waals surface area contributed by atoms with Gasteiger partial charge >= 0.3 is 5.97 Å². The second kappa shape index (κ2) is 8.01. The first-order valence-corrected chi connectivity index (χ1v) is 9.50. The van der Waals surface area contributed by atoms with Crippen LogP contribution >= 0.6 is 0 Å². The van der Waals surface area contributed by atoms with Gasteiger partial charge in [0.05, 0.1) is 18.8 Å². The third kappa shape index (κ3) is 5.01. The molecule has 5 nitrogen and oxygen atoms in total. The molecule has 0 fully saturated rings. The number of benzene rings is 1. The fourth-order valence-corrected chi connectivity index (χ4v) is 3.34. The van der Waals surface area contributed by atoms with Crippen molar-refractivity contribution in [3.8, 4) is 0 Å². The Bertz CT molecular complexity index is 595. The molecule has 0 bridgehead atoms. The van der Waals surface area contributed by atoms with Gasteiger partial charge in [-0.1, -0.05) is 45.0 Å². The van der Waals surface area contributed by atoms with E-state index in [1.54, 1.807) is 12.1 Å². The van der Waals surface area contributed by atoms with E-state index in [1.165, 1.54) is 7.11 Å². The minimum atomic E-state index is -3.23. The molecule has 0 heterocycles. The maximum atomic E-state index is 11.6. The smallest absolute Gasteiger partial charge is 0.308 e. The normalized spacial score (nSPS) is 18.0. The van der Waals surface area contributed by atoms with E-state index in [4.69, 9.17) is 4.74 Å². The predicted molar refractivity (Wildman–Crippen MR) is 85.5 cm³/mol. The lowest BCUT2D eigenvalue weighted by Crippen LogP contribution is -2.24. The minimum absolute atomic E-state index is 0.0887. The van der Waals surface area contributed by atoms with Gasteiger partial charge in [0.1, 0.15) is 8.77 Å². The van der Waals surface area contributed by atoms with Crippen LogP contribution in [0.15, 0.2) is 24.3 Å². The van der Waals surface area contributed by atoms with Crippen molar-refractivity contribution in [3.05, 3.63) is 35.4 Å². The van der Waals surface area contributed by atoms with E-state index < -0.39 is 8.77 Å². The number of hydrogen-bond donors (Lipinski definition) is 0. The maximum Gasteiger partial charge on any atom is 0.308 e. The summed E-state index contributed by atoms with van der Waals surface area (Å²) in [5, 5.41) is 10.3. The molecule has 0 amide bonds. The van der Waals surface area contributed by atoms with Crippen molar-refractivity contribution in [3.63, 3.8) is 0 Å². The van der Waals surface area contributed by atoms with Gasteiger partial charge in [0.15, 0.2) is 0 Å². The summed E-state index contributed by atoms with van der Waals surface area (Å²) < 4.78 is 19.8. The van der Waals surface area contributed by atoms with E-state index in [-0.39, 0.29) is 29.5 Å². The zero-order valence-electron chi connectivity index (χ0n) is 13.1. The molecule has 1 aromatic carbocycles. The van der Waals surface area contributed by atoms with Gasteiger partial charge in [0, 0.05) is 11.2 Å². The number of methoxy groups -OCH3 is 1. The number of esters is 1. The molecule has 0 aromatic heterocycles. The first-order valence-electron chi connectivity index (χ1n) is 6.92. The zero-order chi connectivity index (χ0) is 16.9. The zero-order valence-corrected chi connectivity index (χ0v) is 14.7. The van der Waals surface area contributed by atoms with Crippen molar-refractivity contribution >= 4 is 25.9 Å². The van der Waals surface area contributed by atoms with Crippen LogP contribution in [-0.4, -0.2) is 17.3 Å². The van der Waals surface area contributed by atoms with Crippen molar-refractivity contribution < 1.29 is 23.3 Å². The van der Waals surface area contributed by atoms with Crippen LogP contribution in [0, 0.1) is 11.8 Å². The van der Waals surface area contributed by atoms with Crippen LogP contribution in [0.2, 0.25) is 0 Å². The molecule has 0 aliphatic heterocycles. The van der Waals surface area contributed by atoms with Gasteiger partial charge in [-0.15, -0.1) is 0 Å². The predicted octanol–water partition coefficient (Wildman–Crippen LogP) is 1.69. The Balaban J connectivity index is 2.84. The molecule has 0 saturated carbocycles. The molecular formula is C15H21O5S2-. The van der Waals surface area contributed by atoms with Gasteiger partial charge < -0.3 is 14.3 Å². The van der Waals surface area contributed by atoms with E-state index in [2.05, 4.69) is 15.5 Å². The van der Waals surface area contributed by atoms with Crippen molar-refractivity contribution in [1.82, 2.24) is 0 Å². The average molecular weight is 345 g/mol. The Hall–Kier alpha value is -1.02. The van der Waals surface area contributed by atoms with Gasteiger partial charge in [-0.3, -0.25) is 4.79 Å². The second-order valence-corrected chi connectivity index (χ2v) is 8.53.